The van der Waals surface area contributed by atoms with Crippen molar-refractivity contribution in [3.63, 3.8) is 0 Å². The van der Waals surface area contributed by atoms with E-state index in [-0.39, 0.29) is 75.4 Å². The summed E-state index contributed by atoms with van der Waals surface area (Å²) >= 11 is 0. The van der Waals surface area contributed by atoms with Gasteiger partial charge in [0, 0.05) is 0 Å². The summed E-state index contributed by atoms with van der Waals surface area (Å²) in [7, 11) is -11.4. The normalized spacial score (nSPS) is 9.54. The van der Waals surface area contributed by atoms with Gasteiger partial charge in [0.15, 0.2) is 0 Å². The van der Waals surface area contributed by atoms with Gasteiger partial charge in [0.1, 0.15) is 0 Å². The molecule has 13 heavy (non-hydrogen) atoms. The summed E-state index contributed by atoms with van der Waals surface area (Å²) in [6, 6.07) is 0. The van der Waals surface area contributed by atoms with Crippen LogP contribution in [0.15, 0.2) is 0 Å². The smallest absolute Gasteiger partial charge is 0.790 e. The molecule has 0 rings (SSSR count). The molecule has 0 aromatic heterocycles. The van der Waals surface area contributed by atoms with Crippen LogP contribution in [0, 0.1) is 0 Å². The molecule has 0 aromatic carbocycles. The van der Waals surface area contributed by atoms with Crippen LogP contribution in [0.4, 0.5) is 0 Å². The molecular weight excluding hydrogens is 202 g/mol. The Kier molecular flexibility index (Phi) is 25.4. The van der Waals surface area contributed by atoms with E-state index in [0.717, 1.165) is 0 Å². The molecule has 0 aliphatic carbocycles. The zero-order chi connectivity index (χ0) is 7.71. The zero-order valence-corrected chi connectivity index (χ0v) is 9.54. The van der Waals surface area contributed by atoms with Crippen molar-refractivity contribution < 1.29 is 108 Å². The van der Waals surface area contributed by atoms with E-state index in [1.165, 1.54) is 0 Å². The van der Waals surface area contributed by atoms with Gasteiger partial charge >= 0.3 is 75.4 Å². The van der Waals surface area contributed by atoms with E-state index >= 15 is 0 Å². The topological polar surface area (TPSA) is 136 Å². The van der Waals surface area contributed by atoms with Crippen molar-refractivity contribution in [2.24, 2.45) is 0 Å². The van der Waals surface area contributed by atoms with Crippen molar-refractivity contribution in [3.05, 3.63) is 0 Å². The molecule has 0 spiro atoms. The van der Waals surface area contributed by atoms with E-state index in [4.69, 9.17) is 0 Å². The van der Waals surface area contributed by atoms with Gasteiger partial charge in [-0.2, -0.15) is 0 Å². The minimum absolute atomic E-state index is 0. The molecule has 0 aliphatic rings. The summed E-state index contributed by atoms with van der Waals surface area (Å²) in [5.41, 5.74) is 0. The standard InChI is InChI=1S/4Li.H4O7P2/c;;;;1-8(2,3)7-9(4,5)6/h;;;;(H2,1,2,3)(H2,4,5,6)/q4*+1;/p-4. The summed E-state index contributed by atoms with van der Waals surface area (Å²) in [5, 5.41) is 0. The molecule has 0 heterocycles. The fourth-order valence-electron chi connectivity index (χ4n) is 0.122. The van der Waals surface area contributed by atoms with Crippen molar-refractivity contribution in [2.45, 2.75) is 0 Å². The van der Waals surface area contributed by atoms with Crippen molar-refractivity contribution >= 4 is 15.6 Å². The summed E-state index contributed by atoms with van der Waals surface area (Å²) in [5.74, 6) is 0. The van der Waals surface area contributed by atoms with Gasteiger partial charge in [-0.25, -0.2) is 0 Å². The molecule has 0 saturated carbocycles. The van der Waals surface area contributed by atoms with Crippen LogP contribution in [0.3, 0.4) is 0 Å². The van der Waals surface area contributed by atoms with Crippen molar-refractivity contribution in [1.82, 2.24) is 0 Å². The molecule has 0 N–H and O–H groups in total. The molecule has 0 saturated heterocycles. The molecule has 0 radical (unpaired) electrons. The molecule has 0 aliphatic heterocycles. The Morgan fingerprint density at radius 1 is 0.692 bits per heavy atom. The van der Waals surface area contributed by atoms with Gasteiger partial charge in [-0.3, -0.25) is 0 Å². The monoisotopic (exact) mass is 202 g/mol. The number of hydrogen-bond donors (Lipinski definition) is 0. The average Bonchev–Trinajstić information content (AvgIpc) is 1.14. The van der Waals surface area contributed by atoms with E-state index in [9.17, 15) is 28.7 Å². The maximum Gasteiger partial charge on any atom is 1.00 e. The predicted molar refractivity (Wildman–Crippen MR) is 16.3 cm³/mol. The van der Waals surface area contributed by atoms with E-state index in [1.807, 2.05) is 0 Å². The second kappa shape index (κ2) is 11.1. The summed E-state index contributed by atoms with van der Waals surface area (Å²) in [6.07, 6.45) is 0. The van der Waals surface area contributed by atoms with Crippen LogP contribution < -0.4 is 95.0 Å². The summed E-state index contributed by atoms with van der Waals surface area (Å²) in [4.78, 5) is 37.3. The van der Waals surface area contributed by atoms with Crippen LogP contribution in [0.1, 0.15) is 0 Å². The predicted octanol–water partition coefficient (Wildman–Crippen LogP) is -15.3. The molecule has 0 unspecified atom stereocenters. The Morgan fingerprint density at radius 3 is 0.846 bits per heavy atom. The first-order chi connectivity index (χ1) is 3.71. The average molecular weight is 202 g/mol. The second-order valence-corrected chi connectivity index (χ2v) is 3.42. The molecule has 0 bridgehead atoms. The maximum absolute atomic E-state index is 9.32. The van der Waals surface area contributed by atoms with Gasteiger partial charge in [0.25, 0.3) is 0 Å². The van der Waals surface area contributed by atoms with Gasteiger partial charge in [0.2, 0.25) is 0 Å². The quantitative estimate of drug-likeness (QED) is 0.320. The van der Waals surface area contributed by atoms with Gasteiger partial charge in [-0.1, -0.05) is 0 Å². The maximum atomic E-state index is 9.32. The van der Waals surface area contributed by atoms with Gasteiger partial charge in [-0.05, 0) is 0 Å². The number of rotatable bonds is 2. The van der Waals surface area contributed by atoms with Crippen LogP contribution in [-0.2, 0) is 13.4 Å². The fraction of sp³-hybridized carbons (Fsp3) is 0. The van der Waals surface area contributed by atoms with E-state index in [1.54, 1.807) is 0 Å². The first kappa shape index (κ1) is 29.6. The Bertz CT molecular complexity index is 159. The van der Waals surface area contributed by atoms with Crippen LogP contribution in [0.2, 0.25) is 0 Å². The molecule has 0 fully saturated rings. The molecule has 13 heteroatoms. The van der Waals surface area contributed by atoms with E-state index in [2.05, 4.69) is 4.31 Å². The largest absolute Gasteiger partial charge is 1.00 e. The SMILES string of the molecule is O=P([O-])([O-])OP(=O)([O-])[O-].[Li+].[Li+].[Li+].[Li+]. The third kappa shape index (κ3) is 31.3. The molecule has 0 aromatic rings. The first-order valence-corrected chi connectivity index (χ1v) is 4.38. The van der Waals surface area contributed by atoms with Gasteiger partial charge < -0.3 is 33.0 Å². The Balaban J connectivity index is -0.0000000533. The molecule has 7 nitrogen and oxygen atoms in total. The van der Waals surface area contributed by atoms with Crippen LogP contribution in [0.5, 0.6) is 0 Å². The molecule has 0 amide bonds. The van der Waals surface area contributed by atoms with Crippen molar-refractivity contribution in [3.8, 4) is 0 Å². The minimum Gasteiger partial charge on any atom is -0.790 e. The summed E-state index contributed by atoms with van der Waals surface area (Å²) in [6.45, 7) is 0. The number of hydrogen-bond acceptors (Lipinski definition) is 7. The number of phosphoric acid groups is 2. The van der Waals surface area contributed by atoms with Crippen LogP contribution in [-0.4, -0.2) is 0 Å². The van der Waals surface area contributed by atoms with Gasteiger partial charge in [-0.15, -0.1) is 0 Å². The van der Waals surface area contributed by atoms with Crippen LogP contribution >= 0.6 is 15.6 Å². The van der Waals surface area contributed by atoms with E-state index < -0.39 is 15.6 Å². The second-order valence-electron chi connectivity index (χ2n) is 0.976. The summed E-state index contributed by atoms with van der Waals surface area (Å²) < 4.78 is 21.2. The Hall–Kier alpha value is 2.65. The Labute approximate surface area is 123 Å². The molecular formula is Li4O7P2. The van der Waals surface area contributed by atoms with Crippen LogP contribution in [0.25, 0.3) is 0 Å². The Morgan fingerprint density at radius 2 is 0.846 bits per heavy atom. The van der Waals surface area contributed by atoms with Crippen molar-refractivity contribution in [1.29, 1.82) is 0 Å². The molecule has 56 valence electrons. The van der Waals surface area contributed by atoms with Gasteiger partial charge in [0.05, 0.1) is 15.6 Å². The minimum atomic E-state index is -5.68. The first-order valence-electron chi connectivity index (χ1n) is 1.46. The van der Waals surface area contributed by atoms with Crippen molar-refractivity contribution in [2.75, 3.05) is 0 Å². The fourth-order valence-corrected chi connectivity index (χ4v) is 1.10. The third-order valence-corrected chi connectivity index (χ3v) is 1.80. The zero-order valence-electron chi connectivity index (χ0n) is 7.75. The third-order valence-electron chi connectivity index (χ3n) is 0.200. The van der Waals surface area contributed by atoms with E-state index in [0.29, 0.717) is 0 Å². The molecule has 0 atom stereocenters.